The van der Waals surface area contributed by atoms with Gasteiger partial charge in [-0.3, -0.25) is 0 Å². The van der Waals surface area contributed by atoms with Gasteiger partial charge < -0.3 is 4.57 Å². The van der Waals surface area contributed by atoms with Crippen LogP contribution in [-0.2, 0) is 0 Å². The number of hydrogen-bond donors (Lipinski definition) is 0. The van der Waals surface area contributed by atoms with Crippen molar-refractivity contribution < 1.29 is 5.76 Å². The molecule has 1 aromatic carbocycles. The monoisotopic (exact) mass is 163 g/mol. The fourth-order valence-electron chi connectivity index (χ4n) is 1.02. The number of para-hydroxylation sites is 1. The zero-order valence-corrected chi connectivity index (χ0v) is 6.24. The second-order valence-corrected chi connectivity index (χ2v) is 2.36. The van der Waals surface area contributed by atoms with Gasteiger partial charge in [0.25, 0.3) is 0 Å². The Morgan fingerprint density at radius 1 is 1.42 bits per heavy atom. The lowest BCUT2D eigenvalue weighted by Gasteiger charge is -2.01. The van der Waals surface area contributed by atoms with E-state index in [1.165, 1.54) is 23.2 Å². The molecule has 0 amide bonds. The summed E-state index contributed by atoms with van der Waals surface area (Å²) in [5, 5.41) is 0. The van der Waals surface area contributed by atoms with E-state index in [4.69, 9.17) is 1.37 Å². The Morgan fingerprint density at radius 3 is 2.92 bits per heavy atom. The highest BCUT2D eigenvalue weighted by atomic mass is 19.1. The van der Waals surface area contributed by atoms with E-state index in [2.05, 4.69) is 4.98 Å². The van der Waals surface area contributed by atoms with E-state index in [0.29, 0.717) is 5.69 Å². The largest absolute Gasteiger partial charge is 0.303 e. The third-order valence-corrected chi connectivity index (χ3v) is 1.58. The molecule has 0 atom stereocenters. The molecule has 1 aromatic heterocycles. The first-order valence-electron chi connectivity index (χ1n) is 4.03. The molecular weight excluding hydrogens is 155 g/mol. The highest BCUT2D eigenvalue weighted by Gasteiger charge is 2.00. The quantitative estimate of drug-likeness (QED) is 0.628. The van der Waals surface area contributed by atoms with Gasteiger partial charge in [0.2, 0.25) is 0 Å². The molecule has 1 heterocycles. The van der Waals surface area contributed by atoms with E-state index >= 15 is 0 Å². The lowest BCUT2D eigenvalue weighted by Crippen LogP contribution is -1.92. The maximum absolute atomic E-state index is 13.2. The third kappa shape index (κ3) is 1.09. The first kappa shape index (κ1) is 5.94. The van der Waals surface area contributed by atoms with Crippen LogP contribution in [-0.4, -0.2) is 9.55 Å². The molecule has 3 heteroatoms. The van der Waals surface area contributed by atoms with Crippen LogP contribution in [0.5, 0.6) is 0 Å². The lowest BCUT2D eigenvalue weighted by atomic mass is 10.3. The predicted molar refractivity (Wildman–Crippen MR) is 43.5 cm³/mol. The maximum Gasteiger partial charge on any atom is 0.147 e. The minimum atomic E-state index is -0.320. The summed E-state index contributed by atoms with van der Waals surface area (Å²) in [6.07, 6.45) is 3.00. The highest BCUT2D eigenvalue weighted by Crippen LogP contribution is 2.10. The summed E-state index contributed by atoms with van der Waals surface area (Å²) in [6, 6.07) is 6.37. The molecule has 0 aliphatic rings. The summed E-state index contributed by atoms with van der Waals surface area (Å²) in [7, 11) is 0. The molecule has 2 aromatic rings. The second kappa shape index (κ2) is 2.77. The molecule has 60 valence electrons. The second-order valence-electron chi connectivity index (χ2n) is 2.36. The number of nitrogens with zero attached hydrogens (tertiary/aromatic N) is 2. The molecule has 12 heavy (non-hydrogen) atoms. The number of rotatable bonds is 1. The van der Waals surface area contributed by atoms with Gasteiger partial charge in [0, 0.05) is 12.4 Å². The fraction of sp³-hybridized carbons (Fsp3) is 0. The van der Waals surface area contributed by atoms with E-state index in [-0.39, 0.29) is 12.0 Å². The van der Waals surface area contributed by atoms with Crippen molar-refractivity contribution in [1.82, 2.24) is 9.55 Å². The van der Waals surface area contributed by atoms with Crippen molar-refractivity contribution in [3.63, 3.8) is 0 Å². The molecule has 0 unspecified atom stereocenters. The predicted octanol–water partition coefficient (Wildman–Crippen LogP) is 2.01. The minimum Gasteiger partial charge on any atom is -0.303 e. The molecule has 0 saturated carbocycles. The Hall–Kier alpha value is -1.64. The van der Waals surface area contributed by atoms with Gasteiger partial charge in [0.15, 0.2) is 0 Å². The van der Waals surface area contributed by atoms with Crippen molar-refractivity contribution in [1.29, 1.82) is 0 Å². The number of hydrogen-bond acceptors (Lipinski definition) is 1. The van der Waals surface area contributed by atoms with E-state index in [0.717, 1.165) is 0 Å². The Bertz CT molecular complexity index is 425. The number of imidazole rings is 1. The zero-order valence-electron chi connectivity index (χ0n) is 7.24. The summed E-state index contributed by atoms with van der Waals surface area (Å²) in [6.45, 7) is 0. The molecule has 2 nitrogen and oxygen atoms in total. The van der Waals surface area contributed by atoms with Crippen molar-refractivity contribution in [2.45, 2.75) is 0 Å². The Kier molecular flexibility index (Phi) is 1.37. The summed E-state index contributed by atoms with van der Waals surface area (Å²) < 4.78 is 21.8. The molecule has 0 fully saturated rings. The van der Waals surface area contributed by atoms with Crippen LogP contribution < -0.4 is 0 Å². The van der Waals surface area contributed by atoms with E-state index in [1.54, 1.807) is 18.2 Å². The maximum atomic E-state index is 13.2. The molecule has 0 aliphatic carbocycles. The SMILES string of the molecule is [2H]c1cn(-c2ccccc2F)cn1. The van der Waals surface area contributed by atoms with Crippen molar-refractivity contribution in [2.24, 2.45) is 0 Å². The highest BCUT2D eigenvalue weighted by molar-refractivity contribution is 5.32. The van der Waals surface area contributed by atoms with Crippen molar-refractivity contribution >= 4 is 0 Å². The molecular formula is C9H7FN2. The van der Waals surface area contributed by atoms with Crippen molar-refractivity contribution in [2.75, 3.05) is 0 Å². The lowest BCUT2D eigenvalue weighted by molar-refractivity contribution is 0.618. The van der Waals surface area contributed by atoms with Gasteiger partial charge in [0.1, 0.15) is 5.82 Å². The van der Waals surface area contributed by atoms with Gasteiger partial charge in [0.05, 0.1) is 13.4 Å². The normalized spacial score (nSPS) is 11.2. The van der Waals surface area contributed by atoms with Gasteiger partial charge in [-0.1, -0.05) is 12.1 Å². The van der Waals surface area contributed by atoms with Crippen LogP contribution >= 0.6 is 0 Å². The van der Waals surface area contributed by atoms with E-state index in [9.17, 15) is 4.39 Å². The van der Waals surface area contributed by atoms with Gasteiger partial charge in [-0.05, 0) is 12.1 Å². The summed E-state index contributed by atoms with van der Waals surface area (Å²) in [4.78, 5) is 3.70. The summed E-state index contributed by atoms with van der Waals surface area (Å²) >= 11 is 0. The molecule has 0 bridgehead atoms. The Labute approximate surface area is 70.7 Å². The van der Waals surface area contributed by atoms with Crippen LogP contribution in [0.1, 0.15) is 1.37 Å². The Balaban J connectivity index is 2.52. The van der Waals surface area contributed by atoms with Crippen LogP contribution in [0.4, 0.5) is 4.39 Å². The van der Waals surface area contributed by atoms with Gasteiger partial charge in [-0.15, -0.1) is 0 Å². The first-order valence-corrected chi connectivity index (χ1v) is 3.53. The number of benzene rings is 1. The summed E-state index contributed by atoms with van der Waals surface area (Å²) in [5.41, 5.74) is 0.411. The molecule has 0 spiro atoms. The van der Waals surface area contributed by atoms with E-state index < -0.39 is 0 Å². The smallest absolute Gasteiger partial charge is 0.147 e. The zero-order chi connectivity index (χ0) is 9.26. The average Bonchev–Trinajstić information content (AvgIpc) is 2.53. The third-order valence-electron chi connectivity index (χ3n) is 1.58. The molecule has 0 saturated heterocycles. The topological polar surface area (TPSA) is 17.8 Å². The van der Waals surface area contributed by atoms with Crippen LogP contribution in [0.2, 0.25) is 0 Å². The number of aromatic nitrogens is 2. The van der Waals surface area contributed by atoms with Gasteiger partial charge in [-0.2, -0.15) is 0 Å². The molecule has 0 N–H and O–H groups in total. The van der Waals surface area contributed by atoms with Crippen molar-refractivity contribution in [3.05, 3.63) is 48.8 Å². The average molecular weight is 163 g/mol. The number of halogens is 1. The van der Waals surface area contributed by atoms with Gasteiger partial charge in [-0.25, -0.2) is 9.37 Å². The fourth-order valence-corrected chi connectivity index (χ4v) is 1.02. The van der Waals surface area contributed by atoms with Gasteiger partial charge >= 0.3 is 0 Å². The first-order chi connectivity index (χ1) is 6.27. The van der Waals surface area contributed by atoms with Crippen LogP contribution in [0.3, 0.4) is 0 Å². The van der Waals surface area contributed by atoms with Crippen LogP contribution in [0.15, 0.2) is 43.0 Å². The minimum absolute atomic E-state index is 0.128. The molecule has 0 aliphatic heterocycles. The van der Waals surface area contributed by atoms with E-state index in [1.807, 2.05) is 0 Å². The van der Waals surface area contributed by atoms with Crippen molar-refractivity contribution in [3.8, 4) is 5.69 Å². The summed E-state index contributed by atoms with van der Waals surface area (Å²) in [5.74, 6) is -0.320. The molecule has 0 radical (unpaired) electrons. The van der Waals surface area contributed by atoms with Crippen LogP contribution in [0.25, 0.3) is 5.69 Å². The molecule has 2 rings (SSSR count). The Morgan fingerprint density at radius 2 is 2.25 bits per heavy atom. The van der Waals surface area contributed by atoms with Crippen LogP contribution in [0, 0.1) is 5.82 Å². The standard InChI is InChI=1S/C9H7FN2/c10-8-3-1-2-4-9(8)12-6-5-11-7-12/h1-7H/i5D.